The molecule has 694 valence electrons. The minimum Gasteiger partial charge on any atom is -0.497 e. The number of aromatic nitrogens is 6. The topological polar surface area (TPSA) is 313 Å². The first kappa shape index (κ1) is 92.9. The summed E-state index contributed by atoms with van der Waals surface area (Å²) in [5, 5.41) is 9.68. The number of furan rings is 3. The van der Waals surface area contributed by atoms with Crippen LogP contribution in [0, 0.1) is 69.5 Å². The zero-order valence-corrected chi connectivity index (χ0v) is 74.2. The Balaban J connectivity index is 0.000000167. The van der Waals surface area contributed by atoms with Gasteiger partial charge in [0.25, 0.3) is 0 Å². The van der Waals surface area contributed by atoms with Crippen LogP contribution in [0.3, 0.4) is 0 Å². The number of rotatable bonds is 25. The van der Waals surface area contributed by atoms with Gasteiger partial charge in [-0.15, -0.1) is 0 Å². The van der Waals surface area contributed by atoms with E-state index in [1.807, 2.05) is 121 Å². The number of hydrogen-bond acceptors (Lipinski definition) is 25. The molecule has 31 heteroatoms. The van der Waals surface area contributed by atoms with Crippen LogP contribution in [0.4, 0.5) is 44.2 Å². The van der Waals surface area contributed by atoms with E-state index < -0.39 is 71.1 Å². The number of anilines is 3. The van der Waals surface area contributed by atoms with E-state index in [2.05, 4.69) is 84.0 Å². The highest BCUT2D eigenvalue weighted by molar-refractivity contribution is 6.01. The number of aryl methyl sites for hydroxylation is 5. The lowest BCUT2D eigenvalue weighted by Crippen LogP contribution is -2.12. The number of halogens is 6. The summed E-state index contributed by atoms with van der Waals surface area (Å²) in [4.78, 5) is 64.2. The second-order valence-electron chi connectivity index (χ2n) is 30.2. The molecule has 18 rings (SSSR count). The lowest BCUT2D eigenvalue weighted by Gasteiger charge is -2.13. The third kappa shape index (κ3) is 25.4. The van der Waals surface area contributed by atoms with Gasteiger partial charge >= 0.3 is 17.9 Å². The first-order valence-electron chi connectivity index (χ1n) is 43.5. The van der Waals surface area contributed by atoms with Crippen LogP contribution in [0.5, 0.6) is 34.5 Å². The Morgan fingerprint density at radius 2 is 0.649 bits per heavy atom. The van der Waals surface area contributed by atoms with E-state index in [0.29, 0.717) is 59.4 Å². The van der Waals surface area contributed by atoms with Crippen molar-refractivity contribution >= 4 is 35.8 Å². The molecule has 134 heavy (non-hydrogen) atoms. The fourth-order valence-electron chi connectivity index (χ4n) is 13.7. The van der Waals surface area contributed by atoms with Gasteiger partial charge in [-0.2, -0.15) is 0 Å². The third-order valence-electron chi connectivity index (χ3n) is 20.7. The van der Waals surface area contributed by atoms with Crippen LogP contribution in [0.2, 0.25) is 0 Å². The standard InChI is InChI=1S/2C26H21F2N3O4.C18H13F2N3O3.C16H19NO2.2C8H10O.CH4.H2/c2*1-14-3-10-20(34-14)23-22-24(21(35-25(22)32)11-16-6-7-17(27)12-19(16)28)31-26(30-23)29-13-15-4-8-18(33-2)9-5-15;1-8-2-5-12(25-8)15-14-16(23-18(21)22-15)13(26-17(14)24)6-9-3-4-10(19)7-11(9)20;1-18-15-7-3-13(4-8-15)11-17-12-14-5-9-16(19-2)10-6-14;2*1-7-3-5-8(9-2)6-4-7;;/h2*3-10,12,21H,11,13H2,1-2H3,(H,29,30,31);2-5,7,13H,6H2,1H3,(H2,21,22,23);3-10,17H,11-12H2,1-2H3;2*3-6H,1-2H3;1H4;1H/i21D;;13D;;;;;1+1D. The number of esters is 3. The highest BCUT2D eigenvalue weighted by atomic mass is 19.2. The first-order valence-corrected chi connectivity index (χ1v) is 41.5. The maximum absolute atomic E-state index is 14.4. The molecule has 3 aliphatic heterocycles. The van der Waals surface area contributed by atoms with Gasteiger partial charge in [0.2, 0.25) is 17.8 Å². The monoisotopic (exact) mass is 1830 g/mol. The predicted molar refractivity (Wildman–Crippen MR) is 494 cm³/mol. The van der Waals surface area contributed by atoms with Crippen molar-refractivity contribution in [3.05, 3.63) is 373 Å². The largest absolute Gasteiger partial charge is 0.497 e. The van der Waals surface area contributed by atoms with Gasteiger partial charge in [0, 0.05) is 66.6 Å². The molecule has 9 aromatic carbocycles. The minimum atomic E-state index is -2.05. The van der Waals surface area contributed by atoms with E-state index >= 15 is 0 Å². The summed E-state index contributed by atoms with van der Waals surface area (Å²) in [6.45, 7) is 11.8. The maximum Gasteiger partial charge on any atom is 0.343 e. The van der Waals surface area contributed by atoms with Crippen molar-refractivity contribution in [2.45, 2.75) is 106 Å². The molecule has 6 aromatic heterocycles. The number of nitrogens with two attached hydrogens (primary N) is 1. The number of ether oxygens (including phenoxy) is 9. The Labute approximate surface area is 775 Å². The quantitative estimate of drug-likeness (QED) is 0.0235. The summed E-state index contributed by atoms with van der Waals surface area (Å²) in [7, 11) is 9.88. The molecule has 9 heterocycles. The molecule has 0 bridgehead atoms. The first-order chi connectivity index (χ1) is 65.9. The number of hydrogen-bond donors (Lipinski definition) is 4. The molecule has 0 aliphatic carbocycles. The summed E-state index contributed by atoms with van der Waals surface area (Å²) in [6.07, 6.45) is -5.69. The molecule has 0 spiro atoms. The van der Waals surface area contributed by atoms with Crippen LogP contribution in [0.25, 0.3) is 34.4 Å². The summed E-state index contributed by atoms with van der Waals surface area (Å²) in [6, 6.07) is 66.4. The molecule has 0 fully saturated rings. The number of carbonyl (C=O) groups is 3. The van der Waals surface area contributed by atoms with Gasteiger partial charge in [-0.05, 0) is 201 Å². The summed E-state index contributed by atoms with van der Waals surface area (Å²) in [5.41, 5.74) is 13.7. The SMILES string of the molecule is C.COc1ccc(C)cc1.COc1ccc(C)cc1.COc1ccc(CNCc2ccc(OC)cc2)cc1.COc1ccc(CNc2nc(-c3ccc(C)o3)c3c(n2)C(Cc2ccc(F)cc2F)OC3=O)cc1.[2H]C1(Cc2ccc(F)cc2F)OC(=O)c2c(-c3ccc(C)o3)nc(N)nc21.[2H]C1(Cc2ccc(F)cc2F)OC(=O)c2c(-c3ccc(C)o3)nc(NCc3ccc(OC)cc3)nc21.[2H][2H]. The molecule has 3 unspecified atom stereocenters. The van der Waals surface area contributed by atoms with E-state index in [1.54, 1.807) is 99.8 Å². The molecule has 0 saturated heterocycles. The predicted octanol–water partition coefficient (Wildman–Crippen LogP) is 22.0. The number of nitrogens with one attached hydrogen (secondary N) is 3. The third-order valence-corrected chi connectivity index (χ3v) is 20.7. The van der Waals surface area contributed by atoms with Crippen molar-refractivity contribution < 1.29 is 102 Å². The van der Waals surface area contributed by atoms with Gasteiger partial charge in [0.15, 0.2) is 17.3 Å². The molecule has 25 nitrogen and oxygen atoms in total. The Bertz CT molecular complexity index is 6580. The number of nitrogen functional groups attached to an aromatic ring is 1. The number of methoxy groups -OCH3 is 6. The zero-order valence-electron chi connectivity index (χ0n) is 78.2. The number of carbonyl (C=O) groups excluding carboxylic acids is 3. The van der Waals surface area contributed by atoms with Crippen molar-refractivity contribution in [1.82, 2.24) is 35.2 Å². The molecule has 5 N–H and O–H groups in total. The van der Waals surface area contributed by atoms with Gasteiger partial charge in [-0.25, -0.2) is 70.6 Å². The highest BCUT2D eigenvalue weighted by Gasteiger charge is 2.42. The van der Waals surface area contributed by atoms with Crippen molar-refractivity contribution in [3.8, 4) is 68.9 Å². The Morgan fingerprint density at radius 1 is 0.358 bits per heavy atom. The maximum atomic E-state index is 14.4. The fraction of sp³-hybridized carbons (Fsp3) is 0.214. The van der Waals surface area contributed by atoms with Gasteiger partial charge in [-0.3, -0.25) is 0 Å². The second kappa shape index (κ2) is 45.7. The van der Waals surface area contributed by atoms with E-state index in [1.165, 1.54) is 40.5 Å². The molecule has 3 aliphatic rings. The molecular weight excluding hydrogens is 1730 g/mol. The van der Waals surface area contributed by atoms with Gasteiger partial charge in [0.1, 0.15) is 156 Å². The Hall–Kier alpha value is -15.8. The smallest absolute Gasteiger partial charge is 0.343 e. The van der Waals surface area contributed by atoms with Crippen LogP contribution in [-0.2, 0) is 59.7 Å². The lowest BCUT2D eigenvalue weighted by atomic mass is 10.0. The molecular formula is C103H100F6N10O15. The van der Waals surface area contributed by atoms with Crippen LogP contribution < -0.4 is 50.1 Å². The summed E-state index contributed by atoms with van der Waals surface area (Å²) >= 11 is 0. The molecule has 15 aromatic rings. The van der Waals surface area contributed by atoms with Crippen LogP contribution in [0.1, 0.15) is 147 Å². The second-order valence-corrected chi connectivity index (χ2v) is 30.2. The molecule has 0 amide bonds. The van der Waals surface area contributed by atoms with E-state index in [9.17, 15) is 40.7 Å². The lowest BCUT2D eigenvalue weighted by molar-refractivity contribution is 0.0371. The molecule has 0 radical (unpaired) electrons. The van der Waals surface area contributed by atoms with Crippen molar-refractivity contribution in [3.63, 3.8) is 0 Å². The molecule has 3 atom stereocenters. The van der Waals surface area contributed by atoms with E-state index in [4.69, 9.17) is 67.3 Å². The summed E-state index contributed by atoms with van der Waals surface area (Å²) < 4.78 is 174. The van der Waals surface area contributed by atoms with E-state index in [0.717, 1.165) is 83.3 Å². The van der Waals surface area contributed by atoms with Crippen LogP contribution in [0.15, 0.2) is 250 Å². The Morgan fingerprint density at radius 3 is 0.970 bits per heavy atom. The van der Waals surface area contributed by atoms with Crippen molar-refractivity contribution in [2.75, 3.05) is 59.0 Å². The number of cyclic esters (lactones) is 3. The number of fused-ring (bicyclic) bond motifs is 3. The average Bonchev–Trinajstić information content (AvgIpc) is 1.59. The number of nitrogens with zero attached hydrogens (tertiary/aromatic N) is 6. The summed E-state index contributed by atoms with van der Waals surface area (Å²) in [5.74, 6) is 1.17. The van der Waals surface area contributed by atoms with Gasteiger partial charge in [0.05, 0.1) is 45.4 Å². The normalized spacial score (nSPS) is 14.7. The van der Waals surface area contributed by atoms with Crippen LogP contribution in [-0.4, -0.2) is 90.5 Å². The van der Waals surface area contributed by atoms with Crippen molar-refractivity contribution in [1.29, 1.82) is 0 Å². The van der Waals surface area contributed by atoms with Gasteiger partial charge < -0.3 is 77.6 Å². The van der Waals surface area contributed by atoms with Gasteiger partial charge in [-0.1, -0.05) is 110 Å². The number of benzene rings is 9. The minimum absolute atomic E-state index is 0. The van der Waals surface area contributed by atoms with E-state index in [-0.39, 0.29) is 112 Å². The highest BCUT2D eigenvalue weighted by Crippen LogP contribution is 2.43. The van der Waals surface area contributed by atoms with Crippen LogP contribution >= 0.6 is 0 Å². The Kier molecular flexibility index (Phi) is 31.7. The zero-order chi connectivity index (χ0) is 98.2. The fourth-order valence-corrected chi connectivity index (χ4v) is 13.7. The average molecular weight is 1840 g/mol. The van der Waals surface area contributed by atoms with Crippen molar-refractivity contribution in [2.24, 2.45) is 0 Å². The molecule has 0 saturated carbocycles.